The Bertz CT molecular complexity index is 1360. The van der Waals surface area contributed by atoms with Gasteiger partial charge in [0.1, 0.15) is 28.0 Å². The van der Waals surface area contributed by atoms with Crippen molar-refractivity contribution in [2.24, 2.45) is 10.2 Å². The van der Waals surface area contributed by atoms with Crippen LogP contribution in [-0.2, 0) is 26.1 Å². The summed E-state index contributed by atoms with van der Waals surface area (Å²) in [5, 5.41) is 16.5. The van der Waals surface area contributed by atoms with Gasteiger partial charge in [-0.25, -0.2) is 19.3 Å². The zero-order chi connectivity index (χ0) is 24.2. The average Bonchev–Trinajstić information content (AvgIpc) is 3.61. The van der Waals surface area contributed by atoms with Crippen molar-refractivity contribution in [3.63, 3.8) is 0 Å². The smallest absolute Gasteiger partial charge is 0.309 e. The first kappa shape index (κ1) is 22.2. The molecule has 2 aromatic heterocycles. The van der Waals surface area contributed by atoms with Crippen LogP contribution in [0.1, 0.15) is 51.9 Å². The van der Waals surface area contributed by atoms with E-state index in [1.807, 2.05) is 11.2 Å². The predicted octanol–water partition coefficient (Wildman–Crippen LogP) is 3.67. The van der Waals surface area contributed by atoms with Gasteiger partial charge in [0, 0.05) is 24.2 Å². The third kappa shape index (κ3) is 3.88. The number of esters is 1. The number of anilines is 3. The maximum Gasteiger partial charge on any atom is 0.309 e. The maximum absolute atomic E-state index is 12.1. The molecule has 1 atom stereocenters. The van der Waals surface area contributed by atoms with E-state index in [1.54, 1.807) is 24.3 Å². The summed E-state index contributed by atoms with van der Waals surface area (Å²) in [4.78, 5) is 22.1. The van der Waals surface area contributed by atoms with Crippen LogP contribution >= 0.6 is 0 Å². The second-order valence-electron chi connectivity index (χ2n) is 9.42. The topological polar surface area (TPSA) is 128 Å². The molecule has 0 amide bonds. The van der Waals surface area contributed by atoms with Crippen molar-refractivity contribution in [2.75, 3.05) is 10.3 Å². The number of benzene rings is 1. The number of nitrogens with zero attached hydrogens (tertiary/aromatic N) is 5. The van der Waals surface area contributed by atoms with Crippen LogP contribution in [-0.4, -0.2) is 36.7 Å². The van der Waals surface area contributed by atoms with Crippen LogP contribution in [0.15, 0.2) is 46.5 Å². The zero-order valence-corrected chi connectivity index (χ0v) is 20.3. The highest BCUT2D eigenvalue weighted by Crippen LogP contribution is 2.48. The maximum atomic E-state index is 12.1. The minimum Gasteiger partial charge on any atom is -0.407 e. The lowest BCUT2D eigenvalue weighted by molar-refractivity contribution is -0.133. The minimum absolute atomic E-state index is 0.293. The minimum atomic E-state index is -1.53. The van der Waals surface area contributed by atoms with Gasteiger partial charge < -0.3 is 10.1 Å². The Morgan fingerprint density at radius 1 is 1.20 bits per heavy atom. The van der Waals surface area contributed by atoms with Gasteiger partial charge in [-0.15, -0.1) is 5.10 Å². The summed E-state index contributed by atoms with van der Waals surface area (Å²) in [5.74, 6) is 1.53. The summed E-state index contributed by atoms with van der Waals surface area (Å²) in [7, 11) is -1.53. The fourth-order valence-corrected chi connectivity index (χ4v) is 5.58. The summed E-state index contributed by atoms with van der Waals surface area (Å²) in [6.45, 7) is 1.43. The lowest BCUT2D eigenvalue weighted by Gasteiger charge is -2.44. The molecule has 1 spiro atoms. The number of ether oxygens (including phenoxy) is 1. The van der Waals surface area contributed by atoms with Gasteiger partial charge in [0.25, 0.3) is 0 Å². The van der Waals surface area contributed by atoms with Crippen LogP contribution in [0, 0.1) is 0 Å². The van der Waals surface area contributed by atoms with Crippen molar-refractivity contribution < 1.29 is 13.7 Å². The third-order valence-electron chi connectivity index (χ3n) is 6.94. The van der Waals surface area contributed by atoms with Crippen LogP contribution in [0.4, 0.5) is 17.5 Å². The van der Waals surface area contributed by atoms with E-state index in [0.29, 0.717) is 22.8 Å². The molecule has 0 radical (unpaired) electrons. The Morgan fingerprint density at radius 3 is 2.60 bits per heavy atom. The molecule has 11 heteroatoms. The van der Waals surface area contributed by atoms with Crippen molar-refractivity contribution >= 4 is 51.3 Å². The lowest BCUT2D eigenvalue weighted by atomic mass is 9.80. The van der Waals surface area contributed by atoms with Crippen molar-refractivity contribution in [3.8, 4) is 0 Å². The fourth-order valence-electron chi connectivity index (χ4n) is 5.18. The van der Waals surface area contributed by atoms with E-state index in [-0.39, 0.29) is 5.97 Å². The Hall–Kier alpha value is -3.31. The molecular formula is C24H27N7O3S. The van der Waals surface area contributed by atoms with Gasteiger partial charge in [-0.2, -0.15) is 4.98 Å². The number of aromatic nitrogens is 3. The van der Waals surface area contributed by atoms with Crippen molar-refractivity contribution in [1.29, 1.82) is 0 Å². The van der Waals surface area contributed by atoms with Gasteiger partial charge in [-0.3, -0.25) is 9.36 Å². The second kappa shape index (κ2) is 8.42. The third-order valence-corrected chi connectivity index (χ3v) is 7.67. The standard InChI is InChI=1S/C24H27N7O3S/c1-15(32)34-22-24(11-3-2-4-12-24)30-20(31(29-22)18-7-8-18)13-16-14-26-23(28-21(16)30)27-17-5-9-19(10-6-17)35(25)33/h5-6,9-10,13-14,18H,2-4,7-8,11-12,25H2,1H3,(H,26,27,28). The number of nitrogens with two attached hydrogens (primary N) is 1. The van der Waals surface area contributed by atoms with E-state index in [1.165, 1.54) is 6.92 Å². The number of hydrazone groups is 1. The predicted molar refractivity (Wildman–Crippen MR) is 134 cm³/mol. The molecule has 1 aliphatic heterocycles. The van der Waals surface area contributed by atoms with Crippen molar-refractivity contribution in [2.45, 2.75) is 68.3 Å². The molecule has 0 bridgehead atoms. The molecular weight excluding hydrogens is 466 g/mol. The molecule has 3 aromatic rings. The first-order chi connectivity index (χ1) is 16.9. The van der Waals surface area contributed by atoms with Crippen LogP contribution in [0.25, 0.3) is 11.0 Å². The number of rotatable bonds is 4. The summed E-state index contributed by atoms with van der Waals surface area (Å²) >= 11 is 0. The fraction of sp³-hybridized carbons (Fsp3) is 0.417. The van der Waals surface area contributed by atoms with E-state index in [9.17, 15) is 9.00 Å². The zero-order valence-electron chi connectivity index (χ0n) is 19.4. The van der Waals surface area contributed by atoms with Gasteiger partial charge in [0.15, 0.2) is 0 Å². The molecule has 182 valence electrons. The van der Waals surface area contributed by atoms with E-state index in [4.69, 9.17) is 20.0 Å². The normalized spacial score (nSPS) is 19.8. The molecule has 1 aromatic carbocycles. The Balaban J connectivity index is 1.46. The molecule has 10 nitrogen and oxygen atoms in total. The van der Waals surface area contributed by atoms with Crippen molar-refractivity contribution in [1.82, 2.24) is 14.5 Å². The van der Waals surface area contributed by atoms with Gasteiger partial charge in [-0.1, -0.05) is 19.3 Å². The molecule has 3 heterocycles. The highest BCUT2D eigenvalue weighted by atomic mass is 32.2. The number of nitrogens with one attached hydrogen (secondary N) is 1. The van der Waals surface area contributed by atoms with Gasteiger partial charge in [0.2, 0.25) is 11.8 Å². The first-order valence-corrected chi connectivity index (χ1v) is 13.1. The summed E-state index contributed by atoms with van der Waals surface area (Å²) in [6, 6.07) is 9.40. The van der Waals surface area contributed by atoms with Gasteiger partial charge in [-0.05, 0) is 56.0 Å². The molecule has 1 unspecified atom stereocenters. The van der Waals surface area contributed by atoms with Crippen LogP contribution in [0.5, 0.6) is 0 Å². The van der Waals surface area contributed by atoms with E-state index >= 15 is 0 Å². The number of hydrogen-bond donors (Lipinski definition) is 2. The van der Waals surface area contributed by atoms with Crippen molar-refractivity contribution in [3.05, 3.63) is 36.5 Å². The van der Waals surface area contributed by atoms with Crippen LogP contribution in [0.3, 0.4) is 0 Å². The molecule has 3 aliphatic rings. The highest BCUT2D eigenvalue weighted by Gasteiger charge is 2.49. The number of carbonyl (C=O) groups excluding carboxylic acids is 1. The number of carbonyl (C=O) groups is 1. The summed E-state index contributed by atoms with van der Waals surface area (Å²) < 4.78 is 19.5. The molecule has 35 heavy (non-hydrogen) atoms. The van der Waals surface area contributed by atoms with Gasteiger partial charge >= 0.3 is 5.97 Å². The molecule has 6 rings (SSSR count). The van der Waals surface area contributed by atoms with E-state index in [2.05, 4.69) is 20.9 Å². The van der Waals surface area contributed by atoms with Crippen LogP contribution < -0.4 is 15.5 Å². The molecule has 3 N–H and O–H groups in total. The lowest BCUT2D eigenvalue weighted by Crippen LogP contribution is -2.51. The molecule has 2 aliphatic carbocycles. The van der Waals surface area contributed by atoms with Crippen LogP contribution in [0.2, 0.25) is 0 Å². The van der Waals surface area contributed by atoms with E-state index < -0.39 is 16.5 Å². The molecule has 2 saturated carbocycles. The Labute approximate surface area is 205 Å². The monoisotopic (exact) mass is 493 g/mol. The van der Waals surface area contributed by atoms with E-state index in [0.717, 1.165) is 67.5 Å². The first-order valence-electron chi connectivity index (χ1n) is 11.9. The average molecular weight is 494 g/mol. The number of hydrogen-bond acceptors (Lipinski definition) is 8. The Kier molecular flexibility index (Phi) is 5.33. The molecule has 0 saturated heterocycles. The highest BCUT2D eigenvalue weighted by molar-refractivity contribution is 7.82. The summed E-state index contributed by atoms with van der Waals surface area (Å²) in [5.41, 5.74) is 0.993. The SMILES string of the molecule is CC(=O)OC1=NN(C2CC2)c2cc3cnc(Nc4ccc(S(N)=O)cc4)nc3n2C12CCCCC2. The number of fused-ring (bicyclic) bond motifs is 4. The Morgan fingerprint density at radius 2 is 1.94 bits per heavy atom. The summed E-state index contributed by atoms with van der Waals surface area (Å²) in [6.07, 6.45) is 8.76. The van der Waals surface area contributed by atoms with Gasteiger partial charge in [0.05, 0.1) is 10.9 Å². The largest absolute Gasteiger partial charge is 0.407 e. The second-order valence-corrected chi connectivity index (χ2v) is 10.5. The molecule has 2 fully saturated rings. The quantitative estimate of drug-likeness (QED) is 0.531.